The van der Waals surface area contributed by atoms with Gasteiger partial charge in [0.2, 0.25) is 5.88 Å². The second kappa shape index (κ2) is 7.88. The molecule has 0 saturated carbocycles. The molecule has 1 fully saturated rings. The number of rotatable bonds is 6. The summed E-state index contributed by atoms with van der Waals surface area (Å²) in [6.45, 7) is 5.19. The maximum absolute atomic E-state index is 12.1. The Kier molecular flexibility index (Phi) is 5.38. The molecule has 0 aromatic carbocycles. The molecule has 0 aliphatic carbocycles. The topological polar surface area (TPSA) is 67.3 Å². The molecule has 1 saturated heterocycles. The van der Waals surface area contributed by atoms with Crippen molar-refractivity contribution in [3.63, 3.8) is 0 Å². The molecule has 1 atom stereocenters. The molecule has 3 heterocycles. The van der Waals surface area contributed by atoms with E-state index in [0.29, 0.717) is 18.2 Å². The number of ether oxygens (including phenoxy) is 1. The van der Waals surface area contributed by atoms with E-state index in [1.165, 1.54) is 0 Å². The Morgan fingerprint density at radius 2 is 2.25 bits per heavy atom. The summed E-state index contributed by atoms with van der Waals surface area (Å²) in [4.78, 5) is 22.8. The van der Waals surface area contributed by atoms with Crippen LogP contribution in [0.15, 0.2) is 42.7 Å². The van der Waals surface area contributed by atoms with E-state index in [4.69, 9.17) is 4.74 Å². The van der Waals surface area contributed by atoms with Crippen LogP contribution in [0.2, 0.25) is 0 Å². The van der Waals surface area contributed by atoms with Gasteiger partial charge >= 0.3 is 0 Å². The normalized spacial score (nSPS) is 17.6. The lowest BCUT2D eigenvalue weighted by molar-refractivity contribution is 0.0932. The van der Waals surface area contributed by atoms with Crippen molar-refractivity contribution in [2.45, 2.75) is 25.9 Å². The number of carbonyl (C=O) groups is 1. The highest BCUT2D eigenvalue weighted by molar-refractivity contribution is 5.92. The predicted octanol–water partition coefficient (Wildman–Crippen LogP) is 1.88. The zero-order valence-electron chi connectivity index (χ0n) is 13.8. The van der Waals surface area contributed by atoms with Gasteiger partial charge in [-0.1, -0.05) is 12.1 Å². The highest BCUT2D eigenvalue weighted by atomic mass is 16.5. The van der Waals surface area contributed by atoms with Crippen LogP contribution in [0.1, 0.15) is 29.4 Å². The van der Waals surface area contributed by atoms with Crippen LogP contribution >= 0.6 is 0 Å². The van der Waals surface area contributed by atoms with Crippen molar-refractivity contribution in [2.24, 2.45) is 0 Å². The third-order valence-corrected chi connectivity index (χ3v) is 4.00. The van der Waals surface area contributed by atoms with Gasteiger partial charge in [-0.25, -0.2) is 4.98 Å². The zero-order valence-corrected chi connectivity index (χ0v) is 13.8. The van der Waals surface area contributed by atoms with Crippen LogP contribution in [0.3, 0.4) is 0 Å². The first-order valence-electron chi connectivity index (χ1n) is 8.26. The SMILES string of the molecule is CCOc1ccc(CN2CC[C@@H](NC(=O)c3ccccn3)C2)cn1. The lowest BCUT2D eigenvalue weighted by Gasteiger charge is -2.16. The monoisotopic (exact) mass is 326 g/mol. The number of likely N-dealkylation sites (tertiary alicyclic amines) is 1. The minimum Gasteiger partial charge on any atom is -0.478 e. The molecule has 2 aromatic heterocycles. The van der Waals surface area contributed by atoms with Gasteiger partial charge in [0, 0.05) is 44.1 Å². The molecule has 1 aliphatic rings. The van der Waals surface area contributed by atoms with Crippen LogP contribution in [0.25, 0.3) is 0 Å². The maximum Gasteiger partial charge on any atom is 0.270 e. The van der Waals surface area contributed by atoms with Gasteiger partial charge in [0.25, 0.3) is 5.91 Å². The minimum atomic E-state index is -0.106. The summed E-state index contributed by atoms with van der Waals surface area (Å²) < 4.78 is 5.36. The molecular weight excluding hydrogens is 304 g/mol. The summed E-state index contributed by atoms with van der Waals surface area (Å²) >= 11 is 0. The van der Waals surface area contributed by atoms with Crippen LogP contribution in [0.5, 0.6) is 5.88 Å². The molecule has 6 nitrogen and oxygen atoms in total. The smallest absolute Gasteiger partial charge is 0.270 e. The van der Waals surface area contributed by atoms with Crippen molar-refractivity contribution in [1.82, 2.24) is 20.2 Å². The number of aromatic nitrogens is 2. The molecule has 0 radical (unpaired) electrons. The average molecular weight is 326 g/mol. The van der Waals surface area contributed by atoms with E-state index in [0.717, 1.165) is 31.6 Å². The number of amides is 1. The highest BCUT2D eigenvalue weighted by Crippen LogP contribution is 2.15. The van der Waals surface area contributed by atoms with Crippen LogP contribution in [-0.4, -0.2) is 46.5 Å². The largest absolute Gasteiger partial charge is 0.478 e. The summed E-state index contributed by atoms with van der Waals surface area (Å²) in [5, 5.41) is 3.06. The molecule has 6 heteroatoms. The Labute approximate surface area is 141 Å². The van der Waals surface area contributed by atoms with E-state index in [9.17, 15) is 4.79 Å². The van der Waals surface area contributed by atoms with E-state index in [-0.39, 0.29) is 11.9 Å². The van der Waals surface area contributed by atoms with Crippen LogP contribution in [-0.2, 0) is 6.54 Å². The standard InChI is InChI=1S/C18H22N4O2/c1-2-24-17-7-6-14(11-20-17)12-22-10-8-15(13-22)21-18(23)16-5-3-4-9-19-16/h3-7,9,11,15H,2,8,10,12-13H2,1H3,(H,21,23)/t15-/m1/s1. The van der Waals surface area contributed by atoms with Crippen molar-refractivity contribution in [1.29, 1.82) is 0 Å². The lowest BCUT2D eigenvalue weighted by atomic mass is 10.2. The average Bonchev–Trinajstić information content (AvgIpc) is 3.04. The van der Waals surface area contributed by atoms with Gasteiger partial charge in [0.1, 0.15) is 5.69 Å². The molecule has 24 heavy (non-hydrogen) atoms. The third kappa shape index (κ3) is 4.29. The van der Waals surface area contributed by atoms with Crippen molar-refractivity contribution >= 4 is 5.91 Å². The van der Waals surface area contributed by atoms with Crippen molar-refractivity contribution in [3.05, 3.63) is 54.0 Å². The Hall–Kier alpha value is -2.47. The summed E-state index contributed by atoms with van der Waals surface area (Å²) in [5.41, 5.74) is 1.61. The summed E-state index contributed by atoms with van der Waals surface area (Å²) in [6.07, 6.45) is 4.43. The Bertz CT molecular complexity index is 660. The Morgan fingerprint density at radius 1 is 1.33 bits per heavy atom. The number of pyridine rings is 2. The number of nitrogens with one attached hydrogen (secondary N) is 1. The first-order chi connectivity index (χ1) is 11.7. The predicted molar refractivity (Wildman–Crippen MR) is 90.8 cm³/mol. The summed E-state index contributed by atoms with van der Waals surface area (Å²) in [6, 6.07) is 9.46. The molecule has 1 N–H and O–H groups in total. The van der Waals surface area contributed by atoms with E-state index >= 15 is 0 Å². The van der Waals surface area contributed by atoms with Gasteiger partial charge in [-0.3, -0.25) is 14.7 Å². The van der Waals surface area contributed by atoms with Gasteiger partial charge < -0.3 is 10.1 Å². The second-order valence-electron chi connectivity index (χ2n) is 5.85. The van der Waals surface area contributed by atoms with Gasteiger partial charge in [-0.2, -0.15) is 0 Å². The highest BCUT2D eigenvalue weighted by Gasteiger charge is 2.24. The first kappa shape index (κ1) is 16.4. The Morgan fingerprint density at radius 3 is 2.96 bits per heavy atom. The molecular formula is C18H22N4O2. The van der Waals surface area contributed by atoms with E-state index in [2.05, 4.69) is 20.2 Å². The van der Waals surface area contributed by atoms with Crippen molar-refractivity contribution < 1.29 is 9.53 Å². The fourth-order valence-electron chi connectivity index (χ4n) is 2.85. The number of carbonyl (C=O) groups excluding carboxylic acids is 1. The van der Waals surface area contributed by atoms with Crippen LogP contribution in [0.4, 0.5) is 0 Å². The summed E-state index contributed by atoms with van der Waals surface area (Å²) in [7, 11) is 0. The van der Waals surface area contributed by atoms with Crippen molar-refractivity contribution in [2.75, 3.05) is 19.7 Å². The van der Waals surface area contributed by atoms with Crippen LogP contribution < -0.4 is 10.1 Å². The maximum atomic E-state index is 12.1. The number of nitrogens with zero attached hydrogens (tertiary/aromatic N) is 3. The number of hydrogen-bond donors (Lipinski definition) is 1. The van der Waals surface area contributed by atoms with Crippen LogP contribution in [0, 0.1) is 0 Å². The summed E-state index contributed by atoms with van der Waals surface area (Å²) in [5.74, 6) is 0.549. The van der Waals surface area contributed by atoms with E-state index < -0.39 is 0 Å². The molecule has 0 unspecified atom stereocenters. The minimum absolute atomic E-state index is 0.106. The number of hydrogen-bond acceptors (Lipinski definition) is 5. The fraction of sp³-hybridized carbons (Fsp3) is 0.389. The molecule has 2 aromatic rings. The second-order valence-corrected chi connectivity index (χ2v) is 5.85. The van der Waals surface area contributed by atoms with Gasteiger partial charge in [0.05, 0.1) is 6.61 Å². The molecule has 1 aliphatic heterocycles. The quantitative estimate of drug-likeness (QED) is 0.878. The Balaban J connectivity index is 1.49. The molecule has 1 amide bonds. The molecule has 0 spiro atoms. The molecule has 0 bridgehead atoms. The van der Waals surface area contributed by atoms with E-state index in [1.807, 2.05) is 31.3 Å². The van der Waals surface area contributed by atoms with E-state index in [1.54, 1.807) is 18.3 Å². The molecule has 3 rings (SSSR count). The fourth-order valence-corrected chi connectivity index (χ4v) is 2.85. The van der Waals surface area contributed by atoms with Gasteiger partial charge in [-0.05, 0) is 31.0 Å². The van der Waals surface area contributed by atoms with Crippen molar-refractivity contribution in [3.8, 4) is 5.88 Å². The first-order valence-corrected chi connectivity index (χ1v) is 8.26. The zero-order chi connectivity index (χ0) is 16.8. The van der Waals surface area contributed by atoms with Gasteiger partial charge in [-0.15, -0.1) is 0 Å². The van der Waals surface area contributed by atoms with Gasteiger partial charge in [0.15, 0.2) is 0 Å². The lowest BCUT2D eigenvalue weighted by Crippen LogP contribution is -2.37. The third-order valence-electron chi connectivity index (χ3n) is 4.00. The molecule has 126 valence electrons.